The molecule has 0 aromatic carbocycles. The second kappa shape index (κ2) is 5.18. The van der Waals surface area contributed by atoms with Crippen molar-refractivity contribution in [2.75, 3.05) is 38.2 Å². The summed E-state index contributed by atoms with van der Waals surface area (Å²) >= 11 is 3.75. The van der Waals surface area contributed by atoms with Crippen molar-refractivity contribution in [2.24, 2.45) is 17.3 Å². The highest BCUT2D eigenvalue weighted by Gasteiger charge is 2.40. The first-order valence-electron chi connectivity index (χ1n) is 7.17. The molecule has 0 bridgehead atoms. The van der Waals surface area contributed by atoms with E-state index in [-0.39, 0.29) is 0 Å². The highest BCUT2D eigenvalue weighted by atomic mass is 79.9. The first-order valence-corrected chi connectivity index (χ1v) is 8.30. The minimum absolute atomic E-state index is 0.497. The van der Waals surface area contributed by atoms with Crippen LogP contribution < -0.4 is 0 Å². The summed E-state index contributed by atoms with van der Waals surface area (Å²) in [6.07, 6.45) is 6.95. The van der Waals surface area contributed by atoms with Crippen LogP contribution >= 0.6 is 15.9 Å². The number of likely N-dealkylation sites (tertiary alicyclic amines) is 1. The Kier molecular flexibility index (Phi) is 3.79. The summed E-state index contributed by atoms with van der Waals surface area (Å²) in [4.78, 5) is 2.75. The standard InChI is InChI=1S/C14H24BrNO/c15-10-14(4-6-17-7-5-14)11-16-8-12-2-1-3-13(12)9-16/h12-13H,1-11H2. The molecule has 3 heteroatoms. The molecule has 98 valence electrons. The molecule has 2 atom stereocenters. The number of hydrogen-bond donors (Lipinski definition) is 0. The predicted octanol–water partition coefficient (Wildman–Crippen LogP) is 2.91. The molecular weight excluding hydrogens is 278 g/mol. The van der Waals surface area contributed by atoms with E-state index in [0.29, 0.717) is 5.41 Å². The minimum atomic E-state index is 0.497. The van der Waals surface area contributed by atoms with E-state index in [2.05, 4.69) is 20.8 Å². The topological polar surface area (TPSA) is 12.5 Å². The average molecular weight is 302 g/mol. The molecule has 3 aliphatic rings. The van der Waals surface area contributed by atoms with Gasteiger partial charge in [0.15, 0.2) is 0 Å². The molecule has 0 amide bonds. The maximum atomic E-state index is 5.53. The smallest absolute Gasteiger partial charge is 0.0472 e. The molecule has 0 N–H and O–H groups in total. The van der Waals surface area contributed by atoms with Crippen LogP contribution in [0.5, 0.6) is 0 Å². The molecular formula is C14H24BrNO. The van der Waals surface area contributed by atoms with E-state index < -0.39 is 0 Å². The van der Waals surface area contributed by atoms with Crippen LogP contribution in [-0.2, 0) is 4.74 Å². The van der Waals surface area contributed by atoms with Gasteiger partial charge < -0.3 is 9.64 Å². The molecule has 2 saturated heterocycles. The van der Waals surface area contributed by atoms with Gasteiger partial charge in [-0.2, -0.15) is 0 Å². The van der Waals surface area contributed by atoms with E-state index in [0.717, 1.165) is 30.4 Å². The number of rotatable bonds is 3. The van der Waals surface area contributed by atoms with Crippen molar-refractivity contribution < 1.29 is 4.74 Å². The zero-order valence-electron chi connectivity index (χ0n) is 10.7. The Morgan fingerprint density at radius 3 is 2.35 bits per heavy atom. The van der Waals surface area contributed by atoms with Crippen LogP contribution in [0, 0.1) is 17.3 Å². The van der Waals surface area contributed by atoms with Gasteiger partial charge in [0.2, 0.25) is 0 Å². The molecule has 0 aromatic rings. The van der Waals surface area contributed by atoms with E-state index in [1.807, 2.05) is 0 Å². The Labute approximate surface area is 113 Å². The third-order valence-corrected chi connectivity index (χ3v) is 6.39. The van der Waals surface area contributed by atoms with Crippen molar-refractivity contribution in [3.63, 3.8) is 0 Å². The summed E-state index contributed by atoms with van der Waals surface area (Å²) in [5, 5.41) is 1.15. The molecule has 0 spiro atoms. The molecule has 2 unspecified atom stereocenters. The van der Waals surface area contributed by atoms with Crippen molar-refractivity contribution in [3.05, 3.63) is 0 Å². The van der Waals surface area contributed by atoms with E-state index >= 15 is 0 Å². The van der Waals surface area contributed by atoms with Crippen LogP contribution in [-0.4, -0.2) is 43.1 Å². The Bertz CT molecular complexity index is 253. The van der Waals surface area contributed by atoms with Crippen LogP contribution in [0.15, 0.2) is 0 Å². The third-order valence-electron chi connectivity index (χ3n) is 5.20. The van der Waals surface area contributed by atoms with Crippen LogP contribution in [0.25, 0.3) is 0 Å². The maximum Gasteiger partial charge on any atom is 0.0472 e. The monoisotopic (exact) mass is 301 g/mol. The second-order valence-corrected chi connectivity index (χ2v) is 6.95. The lowest BCUT2D eigenvalue weighted by Gasteiger charge is -2.39. The summed E-state index contributed by atoms with van der Waals surface area (Å²) in [6.45, 7) is 5.98. The Hall–Kier alpha value is 0.400. The number of halogens is 1. The van der Waals surface area contributed by atoms with Gasteiger partial charge >= 0.3 is 0 Å². The summed E-state index contributed by atoms with van der Waals surface area (Å²) in [5.41, 5.74) is 0.497. The molecule has 3 fully saturated rings. The van der Waals surface area contributed by atoms with Gasteiger partial charge in [-0.15, -0.1) is 0 Å². The number of fused-ring (bicyclic) bond motifs is 1. The molecule has 0 aromatic heterocycles. The average Bonchev–Trinajstić information content (AvgIpc) is 2.91. The molecule has 0 radical (unpaired) electrons. The third kappa shape index (κ3) is 2.57. The fourth-order valence-electron chi connectivity index (χ4n) is 4.07. The number of hydrogen-bond acceptors (Lipinski definition) is 2. The second-order valence-electron chi connectivity index (χ2n) is 6.39. The lowest BCUT2D eigenvalue weighted by molar-refractivity contribution is 0.0106. The first-order chi connectivity index (χ1) is 8.31. The van der Waals surface area contributed by atoms with Gasteiger partial charge in [-0.3, -0.25) is 0 Å². The highest BCUT2D eigenvalue weighted by Crippen LogP contribution is 2.41. The van der Waals surface area contributed by atoms with Gasteiger partial charge in [0.05, 0.1) is 0 Å². The van der Waals surface area contributed by atoms with Gasteiger partial charge in [-0.1, -0.05) is 22.4 Å². The molecule has 2 heterocycles. The van der Waals surface area contributed by atoms with Gasteiger partial charge in [-0.25, -0.2) is 0 Å². The van der Waals surface area contributed by atoms with Crippen molar-refractivity contribution in [2.45, 2.75) is 32.1 Å². The quantitative estimate of drug-likeness (QED) is 0.743. The van der Waals surface area contributed by atoms with Gasteiger partial charge in [0.1, 0.15) is 0 Å². The van der Waals surface area contributed by atoms with Crippen molar-refractivity contribution in [3.8, 4) is 0 Å². The summed E-state index contributed by atoms with van der Waals surface area (Å²) < 4.78 is 5.53. The van der Waals surface area contributed by atoms with Crippen molar-refractivity contribution >= 4 is 15.9 Å². The summed E-state index contributed by atoms with van der Waals surface area (Å²) in [6, 6.07) is 0. The Morgan fingerprint density at radius 2 is 1.76 bits per heavy atom. The van der Waals surface area contributed by atoms with E-state index in [4.69, 9.17) is 4.74 Å². The fourth-order valence-corrected chi connectivity index (χ4v) is 4.81. The molecule has 1 saturated carbocycles. The predicted molar refractivity (Wildman–Crippen MR) is 73.6 cm³/mol. The Morgan fingerprint density at radius 1 is 1.12 bits per heavy atom. The minimum Gasteiger partial charge on any atom is -0.381 e. The molecule has 2 aliphatic heterocycles. The van der Waals surface area contributed by atoms with Crippen LogP contribution in [0.4, 0.5) is 0 Å². The van der Waals surface area contributed by atoms with Crippen LogP contribution in [0.2, 0.25) is 0 Å². The van der Waals surface area contributed by atoms with E-state index in [1.54, 1.807) is 0 Å². The van der Waals surface area contributed by atoms with Gasteiger partial charge in [0.25, 0.3) is 0 Å². The first kappa shape index (κ1) is 12.4. The molecule has 2 nitrogen and oxygen atoms in total. The zero-order valence-corrected chi connectivity index (χ0v) is 12.3. The lowest BCUT2D eigenvalue weighted by Crippen LogP contribution is -2.42. The van der Waals surface area contributed by atoms with Crippen molar-refractivity contribution in [1.82, 2.24) is 4.90 Å². The zero-order chi connectivity index (χ0) is 11.7. The number of alkyl halides is 1. The number of nitrogens with zero attached hydrogens (tertiary/aromatic N) is 1. The maximum absolute atomic E-state index is 5.53. The SMILES string of the molecule is BrCC1(CN2CC3CCCC3C2)CCOCC1. The van der Waals surface area contributed by atoms with E-state index in [9.17, 15) is 0 Å². The normalized spacial score (nSPS) is 37.2. The Balaban J connectivity index is 1.58. The van der Waals surface area contributed by atoms with E-state index in [1.165, 1.54) is 51.7 Å². The van der Waals surface area contributed by atoms with Gasteiger partial charge in [0, 0.05) is 38.2 Å². The molecule has 3 rings (SSSR count). The number of ether oxygens (including phenoxy) is 1. The summed E-state index contributed by atoms with van der Waals surface area (Å²) in [5.74, 6) is 2.06. The van der Waals surface area contributed by atoms with Crippen LogP contribution in [0.1, 0.15) is 32.1 Å². The largest absolute Gasteiger partial charge is 0.381 e. The highest BCUT2D eigenvalue weighted by molar-refractivity contribution is 9.09. The van der Waals surface area contributed by atoms with Crippen LogP contribution in [0.3, 0.4) is 0 Å². The molecule has 1 aliphatic carbocycles. The van der Waals surface area contributed by atoms with Gasteiger partial charge in [-0.05, 0) is 42.9 Å². The fraction of sp³-hybridized carbons (Fsp3) is 1.00. The molecule has 17 heavy (non-hydrogen) atoms. The van der Waals surface area contributed by atoms with Crippen molar-refractivity contribution in [1.29, 1.82) is 0 Å². The summed E-state index contributed by atoms with van der Waals surface area (Å²) in [7, 11) is 0. The lowest BCUT2D eigenvalue weighted by atomic mass is 9.82.